The van der Waals surface area contributed by atoms with Crippen LogP contribution in [-0.2, 0) is 0 Å². The molecule has 1 aromatic heterocycles. The van der Waals surface area contributed by atoms with Crippen molar-refractivity contribution in [2.45, 2.75) is 6.10 Å². The van der Waals surface area contributed by atoms with Gasteiger partial charge in [0.2, 0.25) is 0 Å². The van der Waals surface area contributed by atoms with Gasteiger partial charge in [0.15, 0.2) is 0 Å². The highest BCUT2D eigenvalue weighted by Crippen LogP contribution is 2.33. The molecule has 1 unspecified atom stereocenters. The van der Waals surface area contributed by atoms with Crippen LogP contribution >= 0.6 is 23.2 Å². The van der Waals surface area contributed by atoms with E-state index in [9.17, 15) is 9.50 Å². The van der Waals surface area contributed by atoms with E-state index in [2.05, 4.69) is 0 Å². The second-order valence-electron chi connectivity index (χ2n) is 4.40. The topological polar surface area (TPSA) is 33.4 Å². The molecule has 1 heterocycles. The quantitative estimate of drug-likeness (QED) is 0.725. The molecule has 0 radical (unpaired) electrons. The van der Waals surface area contributed by atoms with Crippen molar-refractivity contribution in [1.82, 2.24) is 0 Å². The van der Waals surface area contributed by atoms with E-state index >= 15 is 0 Å². The van der Waals surface area contributed by atoms with Gasteiger partial charge in [-0.05, 0) is 42.5 Å². The summed E-state index contributed by atoms with van der Waals surface area (Å²) in [6, 6.07) is 10.5. The molecule has 2 nitrogen and oxygen atoms in total. The lowest BCUT2D eigenvalue weighted by atomic mass is 10.1. The first-order valence-electron chi connectivity index (χ1n) is 5.86. The summed E-state index contributed by atoms with van der Waals surface area (Å²) >= 11 is 11.9. The van der Waals surface area contributed by atoms with Crippen molar-refractivity contribution in [2.24, 2.45) is 0 Å². The Bertz CT molecular complexity index is 783. The van der Waals surface area contributed by atoms with E-state index < -0.39 is 6.10 Å². The molecule has 0 saturated carbocycles. The molecule has 0 aliphatic carbocycles. The van der Waals surface area contributed by atoms with Gasteiger partial charge < -0.3 is 9.52 Å². The highest BCUT2D eigenvalue weighted by Gasteiger charge is 2.19. The summed E-state index contributed by atoms with van der Waals surface area (Å²) in [5.74, 6) is -0.0742. The SMILES string of the molecule is OC(c1cc2cc(F)ccc2o1)c1cc(Cl)ccc1Cl. The van der Waals surface area contributed by atoms with E-state index in [-0.39, 0.29) is 11.6 Å². The second kappa shape index (κ2) is 5.09. The molecule has 0 aliphatic rings. The van der Waals surface area contributed by atoms with Crippen LogP contribution in [0, 0.1) is 5.82 Å². The molecule has 2 aromatic carbocycles. The fourth-order valence-electron chi connectivity index (χ4n) is 2.05. The fraction of sp³-hybridized carbons (Fsp3) is 0.0667. The van der Waals surface area contributed by atoms with Gasteiger partial charge in [0.05, 0.1) is 0 Å². The van der Waals surface area contributed by atoms with Crippen LogP contribution in [0.3, 0.4) is 0 Å². The molecule has 0 spiro atoms. The lowest BCUT2D eigenvalue weighted by Crippen LogP contribution is -1.98. The smallest absolute Gasteiger partial charge is 0.138 e. The minimum Gasteiger partial charge on any atom is -0.458 e. The van der Waals surface area contributed by atoms with Crippen molar-refractivity contribution in [2.75, 3.05) is 0 Å². The summed E-state index contributed by atoms with van der Waals surface area (Å²) < 4.78 is 18.7. The zero-order chi connectivity index (χ0) is 14.3. The molecule has 0 amide bonds. The van der Waals surface area contributed by atoms with Crippen LogP contribution in [0.5, 0.6) is 0 Å². The van der Waals surface area contributed by atoms with Crippen LogP contribution in [0.4, 0.5) is 4.39 Å². The zero-order valence-electron chi connectivity index (χ0n) is 10.1. The van der Waals surface area contributed by atoms with Gasteiger partial charge in [0.25, 0.3) is 0 Å². The number of aliphatic hydroxyl groups is 1. The summed E-state index contributed by atoms with van der Waals surface area (Å²) in [6.45, 7) is 0. The Hall–Kier alpha value is -1.55. The molecule has 1 N–H and O–H groups in total. The molecule has 0 saturated heterocycles. The number of rotatable bonds is 2. The number of furan rings is 1. The molecular formula is C15H9Cl2FO2. The van der Waals surface area contributed by atoms with E-state index in [1.807, 2.05) is 0 Å². The number of aliphatic hydroxyl groups excluding tert-OH is 1. The Balaban J connectivity index is 2.07. The third-order valence-electron chi connectivity index (χ3n) is 3.02. The predicted molar refractivity (Wildman–Crippen MR) is 76.7 cm³/mol. The second-order valence-corrected chi connectivity index (χ2v) is 5.24. The first kappa shape index (κ1) is 13.4. The summed E-state index contributed by atoms with van der Waals surface area (Å²) in [4.78, 5) is 0. The van der Waals surface area contributed by atoms with Crippen molar-refractivity contribution in [3.05, 3.63) is 69.7 Å². The maximum absolute atomic E-state index is 13.1. The average Bonchev–Trinajstić information content (AvgIpc) is 2.83. The minimum absolute atomic E-state index is 0.287. The molecule has 20 heavy (non-hydrogen) atoms. The van der Waals surface area contributed by atoms with E-state index in [0.717, 1.165) is 0 Å². The fourth-order valence-corrected chi connectivity index (χ4v) is 2.45. The number of benzene rings is 2. The molecule has 5 heteroatoms. The Morgan fingerprint density at radius 2 is 1.85 bits per heavy atom. The highest BCUT2D eigenvalue weighted by atomic mass is 35.5. The number of halogens is 3. The summed E-state index contributed by atoms with van der Waals surface area (Å²) in [5, 5.41) is 11.8. The minimum atomic E-state index is -1.06. The molecule has 1 atom stereocenters. The van der Waals surface area contributed by atoms with Crippen molar-refractivity contribution in [3.8, 4) is 0 Å². The Kier molecular flexibility index (Phi) is 3.42. The lowest BCUT2D eigenvalue weighted by molar-refractivity contribution is 0.192. The molecular weight excluding hydrogens is 302 g/mol. The first-order chi connectivity index (χ1) is 9.54. The number of hydrogen-bond acceptors (Lipinski definition) is 2. The summed E-state index contributed by atoms with van der Waals surface area (Å²) in [6.07, 6.45) is -1.06. The van der Waals surface area contributed by atoms with Gasteiger partial charge in [0, 0.05) is 21.0 Å². The van der Waals surface area contributed by atoms with Crippen LogP contribution < -0.4 is 0 Å². The maximum atomic E-state index is 13.1. The number of hydrogen-bond donors (Lipinski definition) is 1. The standard InChI is InChI=1S/C15H9Cl2FO2/c16-9-1-3-12(17)11(7-9)15(19)14-6-8-5-10(18)2-4-13(8)20-14/h1-7,15,19H. The van der Waals surface area contributed by atoms with E-state index in [1.165, 1.54) is 18.2 Å². The van der Waals surface area contributed by atoms with Crippen molar-refractivity contribution >= 4 is 34.2 Å². The van der Waals surface area contributed by atoms with Crippen molar-refractivity contribution in [3.63, 3.8) is 0 Å². The highest BCUT2D eigenvalue weighted by molar-refractivity contribution is 6.33. The molecule has 102 valence electrons. The van der Waals surface area contributed by atoms with Crippen LogP contribution in [0.1, 0.15) is 17.4 Å². The monoisotopic (exact) mass is 310 g/mol. The van der Waals surface area contributed by atoms with Gasteiger partial charge >= 0.3 is 0 Å². The third kappa shape index (κ3) is 2.40. The van der Waals surface area contributed by atoms with Gasteiger partial charge in [-0.15, -0.1) is 0 Å². The predicted octanol–water partition coefficient (Wildman–Crippen LogP) is 4.96. The summed E-state index contributed by atoms with van der Waals surface area (Å²) in [7, 11) is 0. The maximum Gasteiger partial charge on any atom is 0.138 e. The van der Waals surface area contributed by atoms with Crippen LogP contribution in [0.25, 0.3) is 11.0 Å². The Morgan fingerprint density at radius 3 is 2.65 bits per heavy atom. The largest absolute Gasteiger partial charge is 0.458 e. The third-order valence-corrected chi connectivity index (χ3v) is 3.60. The van der Waals surface area contributed by atoms with Gasteiger partial charge in [-0.25, -0.2) is 4.39 Å². The number of fused-ring (bicyclic) bond motifs is 1. The van der Waals surface area contributed by atoms with Crippen molar-refractivity contribution in [1.29, 1.82) is 0 Å². The molecule has 0 fully saturated rings. The van der Waals surface area contributed by atoms with Crippen LogP contribution in [0.15, 0.2) is 46.9 Å². The molecule has 0 bridgehead atoms. The Labute approximate surface area is 124 Å². The van der Waals surface area contributed by atoms with E-state index in [0.29, 0.717) is 26.6 Å². The molecule has 3 rings (SSSR count). The van der Waals surface area contributed by atoms with Gasteiger partial charge in [0.1, 0.15) is 23.3 Å². The van der Waals surface area contributed by atoms with Crippen molar-refractivity contribution < 1.29 is 13.9 Å². The van der Waals surface area contributed by atoms with E-state index in [1.54, 1.807) is 24.3 Å². The van der Waals surface area contributed by atoms with Crippen LogP contribution in [-0.4, -0.2) is 5.11 Å². The van der Waals surface area contributed by atoms with Crippen LogP contribution in [0.2, 0.25) is 10.0 Å². The Morgan fingerprint density at radius 1 is 1.05 bits per heavy atom. The molecule has 0 aliphatic heterocycles. The average molecular weight is 311 g/mol. The van der Waals surface area contributed by atoms with Gasteiger partial charge in [-0.1, -0.05) is 23.2 Å². The molecule has 3 aromatic rings. The van der Waals surface area contributed by atoms with Gasteiger partial charge in [-0.2, -0.15) is 0 Å². The first-order valence-corrected chi connectivity index (χ1v) is 6.62. The summed E-state index contributed by atoms with van der Waals surface area (Å²) in [5.41, 5.74) is 0.942. The normalized spacial score (nSPS) is 12.8. The van der Waals surface area contributed by atoms with E-state index in [4.69, 9.17) is 27.6 Å². The van der Waals surface area contributed by atoms with Gasteiger partial charge in [-0.3, -0.25) is 0 Å². The zero-order valence-corrected chi connectivity index (χ0v) is 11.6. The lowest BCUT2D eigenvalue weighted by Gasteiger charge is -2.10.